The highest BCUT2D eigenvalue weighted by atomic mass is 16.5. The molecule has 26 heavy (non-hydrogen) atoms. The molecule has 1 aromatic heterocycles. The second kappa shape index (κ2) is 7.00. The fourth-order valence-electron chi connectivity index (χ4n) is 3.34. The molecular weight excluding hydrogens is 330 g/mol. The van der Waals surface area contributed by atoms with Gasteiger partial charge in [0.25, 0.3) is 0 Å². The molecule has 1 aliphatic heterocycles. The van der Waals surface area contributed by atoms with Crippen molar-refractivity contribution in [1.82, 2.24) is 10.5 Å². The van der Waals surface area contributed by atoms with Crippen LogP contribution in [0, 0.1) is 0 Å². The van der Waals surface area contributed by atoms with Gasteiger partial charge in [-0.05, 0) is 36.6 Å². The highest BCUT2D eigenvalue weighted by molar-refractivity contribution is 5.98. The van der Waals surface area contributed by atoms with E-state index in [9.17, 15) is 9.59 Å². The van der Waals surface area contributed by atoms with Crippen molar-refractivity contribution in [3.8, 4) is 0 Å². The second-order valence-corrected chi connectivity index (χ2v) is 6.36. The Labute approximate surface area is 150 Å². The summed E-state index contributed by atoms with van der Waals surface area (Å²) in [5.41, 5.74) is 3.35. The summed E-state index contributed by atoms with van der Waals surface area (Å²) in [7, 11) is 0. The van der Waals surface area contributed by atoms with Crippen LogP contribution in [0.5, 0.6) is 0 Å². The van der Waals surface area contributed by atoms with Crippen LogP contribution in [0.2, 0.25) is 0 Å². The lowest BCUT2D eigenvalue weighted by Gasteiger charge is -2.29. The van der Waals surface area contributed by atoms with Crippen LogP contribution in [-0.2, 0) is 22.4 Å². The maximum absolute atomic E-state index is 12.6. The van der Waals surface area contributed by atoms with Crippen LogP contribution in [0.25, 0.3) is 11.0 Å². The fourth-order valence-corrected chi connectivity index (χ4v) is 3.34. The Kier molecular flexibility index (Phi) is 4.39. The van der Waals surface area contributed by atoms with Crippen molar-refractivity contribution in [2.24, 2.45) is 0 Å². The van der Waals surface area contributed by atoms with Crippen LogP contribution in [-0.4, -0.2) is 30.1 Å². The Balaban J connectivity index is 1.38. The summed E-state index contributed by atoms with van der Waals surface area (Å²) in [4.78, 5) is 26.5. The number of aryl methyl sites for hydroxylation is 1. The molecule has 6 heteroatoms. The topological polar surface area (TPSA) is 75.4 Å². The molecule has 0 aliphatic carbocycles. The molecule has 132 valence electrons. The number of para-hydroxylation sites is 2. The number of nitrogens with one attached hydrogen (secondary N) is 1. The van der Waals surface area contributed by atoms with Gasteiger partial charge in [-0.15, -0.1) is 0 Å². The largest absolute Gasteiger partial charge is 0.356 e. The number of benzene rings is 2. The van der Waals surface area contributed by atoms with E-state index in [0.717, 1.165) is 23.9 Å². The number of carbonyl (C=O) groups excluding carboxylic acids is 2. The molecular formula is C20H19N3O3. The van der Waals surface area contributed by atoms with Gasteiger partial charge in [0.2, 0.25) is 11.8 Å². The smallest absolute Gasteiger partial charge is 0.246 e. The molecule has 0 unspecified atom stereocenters. The fraction of sp³-hybridized carbons (Fsp3) is 0.250. The van der Waals surface area contributed by atoms with Crippen LogP contribution < -0.4 is 10.2 Å². The zero-order valence-corrected chi connectivity index (χ0v) is 14.3. The average Bonchev–Trinajstić information content (AvgIpc) is 3.08. The van der Waals surface area contributed by atoms with Crippen LogP contribution in [0.4, 0.5) is 5.69 Å². The minimum Gasteiger partial charge on any atom is -0.356 e. The Morgan fingerprint density at radius 3 is 2.85 bits per heavy atom. The molecule has 0 spiro atoms. The van der Waals surface area contributed by atoms with E-state index in [0.29, 0.717) is 17.8 Å². The molecule has 6 nitrogen and oxygen atoms in total. The van der Waals surface area contributed by atoms with Gasteiger partial charge in [0.15, 0.2) is 5.58 Å². The van der Waals surface area contributed by atoms with E-state index in [1.54, 1.807) is 11.0 Å². The molecule has 1 N–H and O–H groups in total. The maximum Gasteiger partial charge on any atom is 0.246 e. The summed E-state index contributed by atoms with van der Waals surface area (Å²) in [5, 5.41) is 7.47. The predicted molar refractivity (Wildman–Crippen MR) is 97.8 cm³/mol. The van der Waals surface area contributed by atoms with Crippen LogP contribution >= 0.6 is 0 Å². The van der Waals surface area contributed by atoms with E-state index in [1.165, 1.54) is 5.56 Å². The van der Waals surface area contributed by atoms with Crippen LogP contribution in [0.3, 0.4) is 0 Å². The third kappa shape index (κ3) is 3.18. The quantitative estimate of drug-likeness (QED) is 0.785. The van der Waals surface area contributed by atoms with E-state index in [1.807, 2.05) is 42.5 Å². The summed E-state index contributed by atoms with van der Waals surface area (Å²) in [6, 6.07) is 15.3. The number of fused-ring (bicyclic) bond motifs is 2. The number of hydrogen-bond donors (Lipinski definition) is 1. The SMILES string of the molecule is O=C(Cc1noc2ccccc12)NCC(=O)N1CCCc2ccccc21. The molecule has 4 rings (SSSR count). The number of nitrogens with zero attached hydrogens (tertiary/aromatic N) is 2. The molecule has 0 saturated carbocycles. The molecule has 0 bridgehead atoms. The van der Waals surface area contributed by atoms with E-state index in [-0.39, 0.29) is 24.8 Å². The standard InChI is InChI=1S/C20H19N3O3/c24-19(12-16-15-8-2-4-10-18(15)26-22-16)21-13-20(25)23-11-5-7-14-6-1-3-9-17(14)23/h1-4,6,8-10H,5,7,11-13H2,(H,21,24). The molecule has 0 atom stereocenters. The Hall–Kier alpha value is -3.15. The van der Waals surface area contributed by atoms with Gasteiger partial charge in [0.05, 0.1) is 13.0 Å². The first-order valence-electron chi connectivity index (χ1n) is 8.70. The molecule has 2 aromatic carbocycles. The van der Waals surface area contributed by atoms with Gasteiger partial charge in [-0.1, -0.05) is 35.5 Å². The summed E-state index contributed by atoms with van der Waals surface area (Å²) >= 11 is 0. The summed E-state index contributed by atoms with van der Waals surface area (Å²) < 4.78 is 5.20. The molecule has 3 aromatic rings. The predicted octanol–water partition coefficient (Wildman–Crippen LogP) is 2.47. The highest BCUT2D eigenvalue weighted by Crippen LogP contribution is 2.26. The highest BCUT2D eigenvalue weighted by Gasteiger charge is 2.22. The summed E-state index contributed by atoms with van der Waals surface area (Å²) in [6.07, 6.45) is 1.99. The lowest BCUT2D eigenvalue weighted by Crippen LogP contribution is -2.43. The van der Waals surface area contributed by atoms with Gasteiger partial charge in [-0.25, -0.2) is 0 Å². The number of hydrogen-bond acceptors (Lipinski definition) is 4. The summed E-state index contributed by atoms with van der Waals surface area (Å²) in [5.74, 6) is -0.349. The van der Waals surface area contributed by atoms with E-state index in [4.69, 9.17) is 4.52 Å². The van der Waals surface area contributed by atoms with Crippen molar-refractivity contribution in [3.05, 3.63) is 59.8 Å². The third-order valence-electron chi connectivity index (χ3n) is 4.63. The second-order valence-electron chi connectivity index (χ2n) is 6.36. The normalized spacial score (nSPS) is 13.5. The average molecular weight is 349 g/mol. The lowest BCUT2D eigenvalue weighted by atomic mass is 10.0. The Bertz CT molecular complexity index is 964. The van der Waals surface area contributed by atoms with Gasteiger partial charge in [-0.3, -0.25) is 9.59 Å². The number of aromatic nitrogens is 1. The van der Waals surface area contributed by atoms with Gasteiger partial charge < -0.3 is 14.7 Å². The molecule has 1 aliphatic rings. The van der Waals surface area contributed by atoms with Crippen molar-refractivity contribution in [1.29, 1.82) is 0 Å². The van der Waals surface area contributed by atoms with Gasteiger partial charge in [0, 0.05) is 17.6 Å². The first-order valence-corrected chi connectivity index (χ1v) is 8.70. The van der Waals surface area contributed by atoms with Crippen LogP contribution in [0.1, 0.15) is 17.7 Å². The van der Waals surface area contributed by atoms with Gasteiger partial charge in [-0.2, -0.15) is 0 Å². The molecule has 0 radical (unpaired) electrons. The van der Waals surface area contributed by atoms with Gasteiger partial charge in [0.1, 0.15) is 5.69 Å². The van der Waals surface area contributed by atoms with Gasteiger partial charge >= 0.3 is 0 Å². The van der Waals surface area contributed by atoms with Crippen molar-refractivity contribution in [2.75, 3.05) is 18.0 Å². The minimum atomic E-state index is -0.248. The maximum atomic E-state index is 12.6. The number of anilines is 1. The van der Waals surface area contributed by atoms with Crippen molar-refractivity contribution < 1.29 is 14.1 Å². The molecule has 0 fully saturated rings. The van der Waals surface area contributed by atoms with Crippen LogP contribution in [0.15, 0.2) is 53.1 Å². The minimum absolute atomic E-state index is 0.0248. The third-order valence-corrected chi connectivity index (χ3v) is 4.63. The molecule has 0 saturated heterocycles. The lowest BCUT2D eigenvalue weighted by molar-refractivity contribution is -0.124. The number of amides is 2. The first kappa shape index (κ1) is 16.3. The van der Waals surface area contributed by atoms with E-state index >= 15 is 0 Å². The van der Waals surface area contributed by atoms with Crippen molar-refractivity contribution >= 4 is 28.5 Å². The van der Waals surface area contributed by atoms with E-state index in [2.05, 4.69) is 10.5 Å². The monoisotopic (exact) mass is 349 g/mol. The molecule has 2 amide bonds. The molecule has 2 heterocycles. The number of carbonyl (C=O) groups is 2. The van der Waals surface area contributed by atoms with Crippen molar-refractivity contribution in [3.63, 3.8) is 0 Å². The zero-order chi connectivity index (χ0) is 17.9. The number of rotatable bonds is 4. The Morgan fingerprint density at radius 2 is 1.92 bits per heavy atom. The Morgan fingerprint density at radius 1 is 1.12 bits per heavy atom. The zero-order valence-electron chi connectivity index (χ0n) is 14.3. The first-order chi connectivity index (χ1) is 12.7. The van der Waals surface area contributed by atoms with Crippen molar-refractivity contribution in [2.45, 2.75) is 19.3 Å². The van der Waals surface area contributed by atoms with E-state index < -0.39 is 0 Å². The summed E-state index contributed by atoms with van der Waals surface area (Å²) in [6.45, 7) is 0.655.